The molecule has 0 spiro atoms. The molecular formula is C22H29ClN4OS. The van der Waals surface area contributed by atoms with Gasteiger partial charge in [-0.1, -0.05) is 25.4 Å². The van der Waals surface area contributed by atoms with Gasteiger partial charge in [0.2, 0.25) is 0 Å². The van der Waals surface area contributed by atoms with Gasteiger partial charge < -0.3 is 10.2 Å². The number of carbonyl (C=O) groups excluding carboxylic acids is 1. The second-order valence-corrected chi connectivity index (χ2v) is 8.81. The second-order valence-electron chi connectivity index (χ2n) is 7.35. The Morgan fingerprint density at radius 2 is 1.97 bits per heavy atom. The number of benzene rings is 1. The summed E-state index contributed by atoms with van der Waals surface area (Å²) in [6, 6.07) is 9.67. The van der Waals surface area contributed by atoms with Crippen molar-refractivity contribution in [1.82, 2.24) is 20.0 Å². The average molecular weight is 433 g/mol. The van der Waals surface area contributed by atoms with E-state index in [4.69, 9.17) is 11.6 Å². The highest BCUT2D eigenvalue weighted by atomic mass is 35.5. The van der Waals surface area contributed by atoms with Gasteiger partial charge in [0.05, 0.1) is 16.3 Å². The second kappa shape index (κ2) is 9.74. The zero-order valence-electron chi connectivity index (χ0n) is 17.5. The van der Waals surface area contributed by atoms with Gasteiger partial charge in [-0.3, -0.25) is 4.79 Å². The highest BCUT2D eigenvalue weighted by Gasteiger charge is 2.18. The maximum atomic E-state index is 12.8. The maximum absolute atomic E-state index is 12.8. The SMILES string of the molecule is CCN(CC)CCCC(C)NC(=O)c1cc2c(C)nn(-c3ccc(Cl)cc3)c2s1. The van der Waals surface area contributed by atoms with Crippen LogP contribution in [0, 0.1) is 6.92 Å². The van der Waals surface area contributed by atoms with Crippen LogP contribution in [-0.4, -0.2) is 46.3 Å². The first kappa shape index (κ1) is 21.8. The topological polar surface area (TPSA) is 50.2 Å². The number of aromatic nitrogens is 2. The van der Waals surface area contributed by atoms with Crippen LogP contribution in [0.3, 0.4) is 0 Å². The molecule has 5 nitrogen and oxygen atoms in total. The number of amides is 1. The van der Waals surface area contributed by atoms with Crippen molar-refractivity contribution in [3.8, 4) is 5.69 Å². The summed E-state index contributed by atoms with van der Waals surface area (Å²) < 4.78 is 1.88. The highest BCUT2D eigenvalue weighted by molar-refractivity contribution is 7.20. The average Bonchev–Trinajstić information content (AvgIpc) is 3.27. The lowest BCUT2D eigenvalue weighted by molar-refractivity contribution is 0.0941. The van der Waals surface area contributed by atoms with Crippen LogP contribution in [0.15, 0.2) is 30.3 Å². The first-order valence-electron chi connectivity index (χ1n) is 10.2. The van der Waals surface area contributed by atoms with E-state index in [0.717, 1.165) is 59.0 Å². The van der Waals surface area contributed by atoms with Crippen LogP contribution >= 0.6 is 22.9 Å². The third-order valence-electron chi connectivity index (χ3n) is 5.22. The number of aryl methyl sites for hydroxylation is 1. The molecule has 0 saturated heterocycles. The quantitative estimate of drug-likeness (QED) is 0.499. The Kier molecular flexibility index (Phi) is 7.33. The van der Waals surface area contributed by atoms with E-state index >= 15 is 0 Å². The normalized spacial score (nSPS) is 12.6. The van der Waals surface area contributed by atoms with Crippen molar-refractivity contribution in [2.75, 3.05) is 19.6 Å². The maximum Gasteiger partial charge on any atom is 0.261 e. The molecule has 2 aromatic heterocycles. The van der Waals surface area contributed by atoms with Gasteiger partial charge in [-0.05, 0) is 76.7 Å². The Labute approximate surface area is 181 Å². The summed E-state index contributed by atoms with van der Waals surface area (Å²) in [5, 5.41) is 9.49. The molecule has 0 saturated carbocycles. The number of carbonyl (C=O) groups is 1. The van der Waals surface area contributed by atoms with Gasteiger partial charge in [-0.15, -0.1) is 11.3 Å². The van der Waals surface area contributed by atoms with Crippen molar-refractivity contribution >= 4 is 39.1 Å². The zero-order valence-corrected chi connectivity index (χ0v) is 19.1. The predicted octanol–water partition coefficient (Wildman–Crippen LogP) is 5.29. The largest absolute Gasteiger partial charge is 0.349 e. The van der Waals surface area contributed by atoms with Gasteiger partial charge in [-0.2, -0.15) is 5.10 Å². The Hall–Kier alpha value is -1.89. The van der Waals surface area contributed by atoms with Crippen LogP contribution in [-0.2, 0) is 0 Å². The van der Waals surface area contributed by atoms with Crippen molar-refractivity contribution in [2.45, 2.75) is 46.6 Å². The van der Waals surface area contributed by atoms with Crippen LogP contribution in [0.25, 0.3) is 15.9 Å². The van der Waals surface area contributed by atoms with E-state index in [1.165, 1.54) is 11.3 Å². The standard InChI is InChI=1S/C22H29ClN4OS/c1-5-26(6-2)13-7-8-15(3)24-21(28)20-14-19-16(4)25-27(22(19)29-20)18-11-9-17(23)10-12-18/h9-12,14-15H,5-8,13H2,1-4H3,(H,24,28). The Balaban J connectivity index is 1.69. The summed E-state index contributed by atoms with van der Waals surface area (Å²) in [6.07, 6.45) is 2.06. The minimum atomic E-state index is -0.0106. The number of hydrogen-bond donors (Lipinski definition) is 1. The molecule has 7 heteroatoms. The minimum Gasteiger partial charge on any atom is -0.349 e. The number of fused-ring (bicyclic) bond motifs is 1. The Morgan fingerprint density at radius 3 is 2.62 bits per heavy atom. The minimum absolute atomic E-state index is 0.0106. The zero-order chi connectivity index (χ0) is 21.0. The van der Waals surface area contributed by atoms with E-state index < -0.39 is 0 Å². The van der Waals surface area contributed by atoms with Gasteiger partial charge in [0.25, 0.3) is 5.91 Å². The molecule has 1 amide bonds. The van der Waals surface area contributed by atoms with Gasteiger partial charge in [0, 0.05) is 16.5 Å². The molecule has 1 aromatic carbocycles. The molecule has 3 aromatic rings. The van der Waals surface area contributed by atoms with E-state index in [-0.39, 0.29) is 11.9 Å². The van der Waals surface area contributed by atoms with Crippen molar-refractivity contribution in [3.63, 3.8) is 0 Å². The van der Waals surface area contributed by atoms with E-state index in [1.807, 2.05) is 41.9 Å². The summed E-state index contributed by atoms with van der Waals surface area (Å²) in [4.78, 5) is 16.9. The molecule has 2 heterocycles. The molecule has 0 bridgehead atoms. The van der Waals surface area contributed by atoms with Crippen LogP contribution in [0.2, 0.25) is 5.02 Å². The van der Waals surface area contributed by atoms with E-state index in [9.17, 15) is 4.79 Å². The van der Waals surface area contributed by atoms with Crippen LogP contribution in [0.5, 0.6) is 0 Å². The van der Waals surface area contributed by atoms with Crippen LogP contribution in [0.4, 0.5) is 0 Å². The fourth-order valence-corrected chi connectivity index (χ4v) is 4.66. The molecule has 1 atom stereocenters. The van der Waals surface area contributed by atoms with Crippen LogP contribution < -0.4 is 5.32 Å². The molecule has 1 unspecified atom stereocenters. The first-order valence-corrected chi connectivity index (χ1v) is 11.4. The van der Waals surface area contributed by atoms with E-state index in [2.05, 4.69) is 36.1 Å². The third kappa shape index (κ3) is 5.18. The summed E-state index contributed by atoms with van der Waals surface area (Å²) in [6.45, 7) is 11.6. The van der Waals surface area contributed by atoms with Gasteiger partial charge in [0.1, 0.15) is 4.83 Å². The molecule has 0 fully saturated rings. The molecule has 0 aliphatic heterocycles. The molecule has 1 N–H and O–H groups in total. The number of nitrogens with zero attached hydrogens (tertiary/aromatic N) is 3. The summed E-state index contributed by atoms with van der Waals surface area (Å²) in [5.41, 5.74) is 1.85. The molecule has 3 rings (SSSR count). The first-order chi connectivity index (χ1) is 13.9. The number of nitrogens with one attached hydrogen (secondary N) is 1. The molecule has 156 valence electrons. The third-order valence-corrected chi connectivity index (χ3v) is 6.58. The van der Waals surface area contributed by atoms with Gasteiger partial charge in [0.15, 0.2) is 0 Å². The lowest BCUT2D eigenvalue weighted by Crippen LogP contribution is -2.33. The van der Waals surface area contributed by atoms with E-state index in [1.54, 1.807) is 0 Å². The highest BCUT2D eigenvalue weighted by Crippen LogP contribution is 2.30. The molecule has 29 heavy (non-hydrogen) atoms. The molecular weight excluding hydrogens is 404 g/mol. The summed E-state index contributed by atoms with van der Waals surface area (Å²) in [7, 11) is 0. The summed E-state index contributed by atoms with van der Waals surface area (Å²) in [5.74, 6) is -0.0106. The van der Waals surface area contributed by atoms with Gasteiger partial charge >= 0.3 is 0 Å². The monoisotopic (exact) mass is 432 g/mol. The van der Waals surface area contributed by atoms with Crippen molar-refractivity contribution in [3.05, 3.63) is 45.9 Å². The Morgan fingerprint density at radius 1 is 1.28 bits per heavy atom. The number of rotatable bonds is 9. The van der Waals surface area contributed by atoms with Crippen LogP contribution in [0.1, 0.15) is 49.0 Å². The van der Waals surface area contributed by atoms with Crippen molar-refractivity contribution in [1.29, 1.82) is 0 Å². The fraction of sp³-hybridized carbons (Fsp3) is 0.455. The van der Waals surface area contributed by atoms with Crippen molar-refractivity contribution < 1.29 is 4.79 Å². The lowest BCUT2D eigenvalue weighted by Gasteiger charge is -2.19. The Bertz CT molecular complexity index is 959. The number of hydrogen-bond acceptors (Lipinski definition) is 4. The molecule has 0 aliphatic rings. The fourth-order valence-electron chi connectivity index (χ4n) is 3.44. The predicted molar refractivity (Wildman–Crippen MR) is 123 cm³/mol. The van der Waals surface area contributed by atoms with Crippen molar-refractivity contribution in [2.24, 2.45) is 0 Å². The van der Waals surface area contributed by atoms with E-state index in [0.29, 0.717) is 5.02 Å². The molecule has 0 aliphatic carbocycles. The summed E-state index contributed by atoms with van der Waals surface area (Å²) >= 11 is 7.48. The van der Waals surface area contributed by atoms with Gasteiger partial charge in [-0.25, -0.2) is 4.68 Å². The number of halogens is 1. The lowest BCUT2D eigenvalue weighted by atomic mass is 10.1. The molecule has 0 radical (unpaired) electrons. The smallest absolute Gasteiger partial charge is 0.261 e. The number of thiophene rings is 1.